The molecule has 1 rings (SSSR count). The molecule has 1 aliphatic rings. The third kappa shape index (κ3) is 9.87. The average Bonchev–Trinajstić information content (AvgIpc) is 2.99. The topological polar surface area (TPSA) is 142 Å². The van der Waals surface area contributed by atoms with E-state index in [4.69, 9.17) is 14.9 Å². The Morgan fingerprint density at radius 3 is 1.56 bits per heavy atom. The summed E-state index contributed by atoms with van der Waals surface area (Å²) < 4.78 is 5.90. The minimum atomic E-state index is -1.06. The van der Waals surface area contributed by atoms with Crippen molar-refractivity contribution in [1.29, 1.82) is 0 Å². The van der Waals surface area contributed by atoms with Crippen molar-refractivity contribution in [2.24, 2.45) is 0 Å². The minimum absolute atomic E-state index is 0.0120. The zero-order valence-corrected chi connectivity index (χ0v) is 16.9. The lowest BCUT2D eigenvalue weighted by atomic mass is 10.2. The van der Waals surface area contributed by atoms with Gasteiger partial charge in [-0.05, 0) is 12.8 Å². The maximum Gasteiger partial charge on any atom is 0.327 e. The highest BCUT2D eigenvalue weighted by atomic mass is 32.2. The Labute approximate surface area is 166 Å². The van der Waals surface area contributed by atoms with E-state index in [0.29, 0.717) is 11.5 Å². The Bertz CT molecular complexity index is 501. The van der Waals surface area contributed by atoms with Crippen LogP contribution in [0.4, 0.5) is 0 Å². The van der Waals surface area contributed by atoms with Gasteiger partial charge >= 0.3 is 11.9 Å². The number of ether oxygens (including phenoxy) is 1. The first-order valence-corrected chi connectivity index (χ1v) is 10.8. The summed E-state index contributed by atoms with van der Waals surface area (Å²) in [6, 6.07) is -1.83. The second kappa shape index (κ2) is 12.1. The van der Waals surface area contributed by atoms with Crippen molar-refractivity contribution >= 4 is 47.3 Å². The molecule has 0 spiro atoms. The molecule has 9 nitrogen and oxygen atoms in total. The number of carbonyl (C=O) groups excluding carboxylic acids is 2. The minimum Gasteiger partial charge on any atom is -0.480 e. The summed E-state index contributed by atoms with van der Waals surface area (Å²) in [6.07, 6.45) is 1.73. The fourth-order valence-electron chi connectivity index (χ4n) is 2.50. The average molecular weight is 423 g/mol. The van der Waals surface area contributed by atoms with Gasteiger partial charge in [-0.1, -0.05) is 0 Å². The Hall–Kier alpha value is -1.46. The van der Waals surface area contributed by atoms with Crippen molar-refractivity contribution < 1.29 is 34.1 Å². The second-order valence-electron chi connectivity index (χ2n) is 6.22. The Kier molecular flexibility index (Phi) is 10.6. The van der Waals surface area contributed by atoms with E-state index in [1.807, 2.05) is 0 Å². The molecule has 0 saturated carbocycles. The standard InChI is InChI=1S/C16H26N2O7S2/c1-9(19)17-13(15(21)22)7-26-5-11-3-4-12(25-11)6-27-8-14(16(23)24)18-10(2)20/h11-14H,3-8H2,1-2H3,(H,17,19)(H,18,20)(H,21,22)(H,23,24)/t11-,12+,13-,14-/m0/s1. The van der Waals surface area contributed by atoms with E-state index in [9.17, 15) is 19.2 Å². The lowest BCUT2D eigenvalue weighted by Crippen LogP contribution is -2.41. The molecule has 0 aromatic rings. The van der Waals surface area contributed by atoms with Crippen LogP contribution >= 0.6 is 23.5 Å². The van der Waals surface area contributed by atoms with Gasteiger partial charge in [0.05, 0.1) is 12.2 Å². The van der Waals surface area contributed by atoms with E-state index in [0.717, 1.165) is 12.8 Å². The molecule has 4 atom stereocenters. The van der Waals surface area contributed by atoms with Crippen LogP contribution in [-0.2, 0) is 23.9 Å². The molecular formula is C16H26N2O7S2. The molecular weight excluding hydrogens is 396 g/mol. The zero-order valence-electron chi connectivity index (χ0n) is 15.3. The van der Waals surface area contributed by atoms with Crippen LogP contribution in [0.15, 0.2) is 0 Å². The van der Waals surface area contributed by atoms with Crippen molar-refractivity contribution in [1.82, 2.24) is 10.6 Å². The van der Waals surface area contributed by atoms with Gasteiger partial charge in [0.15, 0.2) is 0 Å². The fourth-order valence-corrected chi connectivity index (χ4v) is 4.71. The van der Waals surface area contributed by atoms with E-state index in [1.165, 1.54) is 37.4 Å². The molecule has 2 amide bonds. The first kappa shape index (κ1) is 23.6. The molecule has 1 fully saturated rings. The summed E-state index contributed by atoms with van der Waals surface area (Å²) in [5, 5.41) is 22.9. The number of aliphatic carboxylic acids is 2. The molecule has 0 aliphatic carbocycles. The van der Waals surface area contributed by atoms with Crippen molar-refractivity contribution in [2.75, 3.05) is 23.0 Å². The molecule has 1 saturated heterocycles. The van der Waals surface area contributed by atoms with Gasteiger partial charge in [0.25, 0.3) is 0 Å². The molecule has 0 unspecified atom stereocenters. The molecule has 0 aromatic carbocycles. The molecule has 11 heteroatoms. The molecule has 0 bridgehead atoms. The van der Waals surface area contributed by atoms with Crippen LogP contribution in [0.2, 0.25) is 0 Å². The predicted molar refractivity (Wildman–Crippen MR) is 103 cm³/mol. The quantitative estimate of drug-likeness (QED) is 0.346. The first-order valence-electron chi connectivity index (χ1n) is 8.49. The van der Waals surface area contributed by atoms with Crippen LogP contribution < -0.4 is 10.6 Å². The molecule has 4 N–H and O–H groups in total. The highest BCUT2D eigenvalue weighted by molar-refractivity contribution is 7.99. The third-order valence-electron chi connectivity index (χ3n) is 3.72. The smallest absolute Gasteiger partial charge is 0.327 e. The van der Waals surface area contributed by atoms with Gasteiger partial charge in [-0.3, -0.25) is 9.59 Å². The van der Waals surface area contributed by atoms with Gasteiger partial charge in [-0.25, -0.2) is 9.59 Å². The van der Waals surface area contributed by atoms with Gasteiger partial charge < -0.3 is 25.6 Å². The SMILES string of the molecule is CC(=O)N[C@@H](CSC[C@H]1CC[C@@H](CSC[C@H](NC(C)=O)C(=O)O)O1)C(=O)O. The number of amides is 2. The molecule has 27 heavy (non-hydrogen) atoms. The summed E-state index contributed by atoms with van der Waals surface area (Å²) in [5.74, 6) is -1.08. The summed E-state index contributed by atoms with van der Waals surface area (Å²) >= 11 is 2.84. The van der Waals surface area contributed by atoms with Gasteiger partial charge in [-0.2, -0.15) is 23.5 Å². The number of rotatable bonds is 12. The lowest BCUT2D eigenvalue weighted by molar-refractivity contribution is -0.141. The number of hydrogen-bond donors (Lipinski definition) is 4. The van der Waals surface area contributed by atoms with Crippen molar-refractivity contribution in [2.45, 2.75) is 51.0 Å². The van der Waals surface area contributed by atoms with E-state index in [2.05, 4.69) is 10.6 Å². The fraction of sp³-hybridized carbons (Fsp3) is 0.750. The molecule has 0 aromatic heterocycles. The van der Waals surface area contributed by atoms with Crippen molar-refractivity contribution in [3.8, 4) is 0 Å². The number of thioether (sulfide) groups is 2. The van der Waals surface area contributed by atoms with Crippen LogP contribution in [0.5, 0.6) is 0 Å². The number of nitrogens with one attached hydrogen (secondary N) is 2. The largest absolute Gasteiger partial charge is 0.480 e. The van der Waals surface area contributed by atoms with Gasteiger partial charge in [0, 0.05) is 36.9 Å². The summed E-state index contributed by atoms with van der Waals surface area (Å²) in [4.78, 5) is 44.1. The Morgan fingerprint density at radius 1 is 0.889 bits per heavy atom. The van der Waals surface area contributed by atoms with Gasteiger partial charge in [0.2, 0.25) is 11.8 Å². The summed E-state index contributed by atoms with van der Waals surface area (Å²) in [6.45, 7) is 2.56. The summed E-state index contributed by atoms with van der Waals surface area (Å²) in [5.41, 5.74) is 0. The van der Waals surface area contributed by atoms with E-state index < -0.39 is 24.0 Å². The highest BCUT2D eigenvalue weighted by Gasteiger charge is 2.27. The monoisotopic (exact) mass is 422 g/mol. The van der Waals surface area contributed by atoms with E-state index in [-0.39, 0.29) is 35.5 Å². The number of carbonyl (C=O) groups is 4. The van der Waals surface area contributed by atoms with Gasteiger partial charge in [0.1, 0.15) is 12.1 Å². The third-order valence-corrected chi connectivity index (χ3v) is 6.08. The van der Waals surface area contributed by atoms with Crippen LogP contribution in [0.3, 0.4) is 0 Å². The number of hydrogen-bond acceptors (Lipinski definition) is 7. The number of carboxylic acids is 2. The normalized spacial score (nSPS) is 21.3. The molecule has 154 valence electrons. The van der Waals surface area contributed by atoms with E-state index >= 15 is 0 Å². The Morgan fingerprint density at radius 2 is 1.26 bits per heavy atom. The van der Waals surface area contributed by atoms with Crippen molar-refractivity contribution in [3.05, 3.63) is 0 Å². The maximum absolute atomic E-state index is 11.1. The highest BCUT2D eigenvalue weighted by Crippen LogP contribution is 2.25. The van der Waals surface area contributed by atoms with Gasteiger partial charge in [-0.15, -0.1) is 0 Å². The van der Waals surface area contributed by atoms with Crippen LogP contribution in [0.1, 0.15) is 26.7 Å². The lowest BCUT2D eigenvalue weighted by Gasteiger charge is -2.17. The van der Waals surface area contributed by atoms with Crippen LogP contribution in [0, 0.1) is 0 Å². The molecule has 0 radical (unpaired) electrons. The molecule has 1 heterocycles. The maximum atomic E-state index is 11.1. The van der Waals surface area contributed by atoms with Crippen molar-refractivity contribution in [3.63, 3.8) is 0 Å². The van der Waals surface area contributed by atoms with Crippen LogP contribution in [0.25, 0.3) is 0 Å². The second-order valence-corrected chi connectivity index (χ2v) is 8.36. The summed E-state index contributed by atoms with van der Waals surface area (Å²) in [7, 11) is 0. The zero-order chi connectivity index (χ0) is 20.4. The molecule has 1 aliphatic heterocycles. The Balaban J connectivity index is 2.25. The number of carboxylic acid groups (broad SMARTS) is 2. The predicted octanol–water partition coefficient (Wildman–Crippen LogP) is 0.179. The first-order chi connectivity index (χ1) is 12.7. The van der Waals surface area contributed by atoms with E-state index in [1.54, 1.807) is 0 Å². The van der Waals surface area contributed by atoms with Crippen LogP contribution in [-0.4, -0.2) is 81.3 Å².